The number of alkyl halides is 2. The zero-order chi connectivity index (χ0) is 29.7. The predicted octanol–water partition coefficient (Wildman–Crippen LogP) is 4.96. The van der Waals surface area contributed by atoms with Gasteiger partial charge in [0.25, 0.3) is 11.8 Å². The minimum Gasteiger partial charge on any atom is -0.496 e. The van der Waals surface area contributed by atoms with Gasteiger partial charge in [-0.25, -0.2) is 8.78 Å². The standard InChI is InChI=1S/C31H43F2N5O4/c1-41-26-11-8-12-27(42-2)29(26)25-18-24(36-38(25)23-9-4-5-10-23)30(40)35-21(13-16-37-14-6-3-7-15-37)17-28(39)34-22-19-31(32,33)20-22/h8,11-12,18,21-23H,3-7,9-10,13-17,19-20H2,1-2H3,(H,34,39)(H,35,40)/t21-/m0/s1. The SMILES string of the molecule is COc1cccc(OC)c1-c1cc(C(=O)N[C@@H](CCN2CCCCC2)CC(=O)NC2CC(F)(F)C2)nn1C1CCCC1. The number of ether oxygens (including phenoxy) is 2. The molecule has 1 saturated heterocycles. The van der Waals surface area contributed by atoms with Crippen LogP contribution in [0.5, 0.6) is 11.5 Å². The van der Waals surface area contributed by atoms with Crippen molar-refractivity contribution in [1.82, 2.24) is 25.3 Å². The van der Waals surface area contributed by atoms with Crippen LogP contribution in [-0.2, 0) is 4.79 Å². The van der Waals surface area contributed by atoms with Crippen LogP contribution in [0.2, 0.25) is 0 Å². The van der Waals surface area contributed by atoms with E-state index in [9.17, 15) is 18.4 Å². The molecule has 0 spiro atoms. The summed E-state index contributed by atoms with van der Waals surface area (Å²) >= 11 is 0. The summed E-state index contributed by atoms with van der Waals surface area (Å²) in [5.74, 6) is -2.15. The van der Waals surface area contributed by atoms with Crippen LogP contribution in [0, 0.1) is 0 Å². The van der Waals surface area contributed by atoms with Crippen LogP contribution in [0.25, 0.3) is 11.3 Å². The Kier molecular flexibility index (Phi) is 9.65. The molecule has 11 heteroatoms. The van der Waals surface area contributed by atoms with E-state index in [-0.39, 0.29) is 42.8 Å². The minimum absolute atomic E-state index is 0.0260. The van der Waals surface area contributed by atoms with Gasteiger partial charge in [0.2, 0.25) is 5.91 Å². The summed E-state index contributed by atoms with van der Waals surface area (Å²) in [7, 11) is 3.20. The quantitative estimate of drug-likeness (QED) is 0.364. The number of piperidine rings is 1. The Morgan fingerprint density at radius 1 is 1.05 bits per heavy atom. The van der Waals surface area contributed by atoms with Crippen LogP contribution in [-0.4, -0.2) is 78.4 Å². The molecule has 1 atom stereocenters. The maximum atomic E-state index is 13.7. The fourth-order valence-corrected chi connectivity index (χ4v) is 6.50. The van der Waals surface area contributed by atoms with Gasteiger partial charge in [0.15, 0.2) is 5.69 Å². The molecule has 0 bridgehead atoms. The van der Waals surface area contributed by atoms with Gasteiger partial charge in [0.05, 0.1) is 31.5 Å². The van der Waals surface area contributed by atoms with Gasteiger partial charge in [0, 0.05) is 37.9 Å². The normalized spacial score (nSPS) is 20.1. The predicted molar refractivity (Wildman–Crippen MR) is 155 cm³/mol. The third-order valence-electron chi connectivity index (χ3n) is 8.79. The number of carbonyl (C=O) groups is 2. The first-order valence-corrected chi connectivity index (χ1v) is 15.3. The van der Waals surface area contributed by atoms with E-state index in [0.29, 0.717) is 17.9 Å². The largest absolute Gasteiger partial charge is 0.496 e. The molecule has 2 amide bonds. The Morgan fingerprint density at radius 2 is 1.71 bits per heavy atom. The van der Waals surface area contributed by atoms with Crippen molar-refractivity contribution in [3.63, 3.8) is 0 Å². The van der Waals surface area contributed by atoms with Crippen LogP contribution < -0.4 is 20.1 Å². The van der Waals surface area contributed by atoms with Crippen molar-refractivity contribution >= 4 is 11.8 Å². The number of benzene rings is 1. The minimum atomic E-state index is -2.71. The summed E-state index contributed by atoms with van der Waals surface area (Å²) in [5.41, 5.74) is 1.74. The summed E-state index contributed by atoms with van der Waals surface area (Å²) in [6.45, 7) is 2.75. The van der Waals surface area contributed by atoms with Crippen LogP contribution in [0.1, 0.15) is 87.2 Å². The second-order valence-electron chi connectivity index (χ2n) is 11.9. The molecule has 9 nitrogen and oxygen atoms in total. The van der Waals surface area contributed by atoms with Crippen molar-refractivity contribution in [3.05, 3.63) is 30.0 Å². The molecule has 1 aromatic carbocycles. The molecule has 1 aromatic heterocycles. The van der Waals surface area contributed by atoms with E-state index in [2.05, 4.69) is 15.5 Å². The number of nitrogens with one attached hydrogen (secondary N) is 2. The van der Waals surface area contributed by atoms with E-state index in [1.807, 2.05) is 22.9 Å². The Balaban J connectivity index is 1.36. The molecule has 2 aliphatic carbocycles. The van der Waals surface area contributed by atoms with Crippen LogP contribution in [0.4, 0.5) is 8.78 Å². The van der Waals surface area contributed by atoms with Gasteiger partial charge in [-0.1, -0.05) is 25.3 Å². The van der Waals surface area contributed by atoms with E-state index in [4.69, 9.17) is 14.6 Å². The highest BCUT2D eigenvalue weighted by molar-refractivity contribution is 5.94. The molecule has 3 aliphatic rings. The van der Waals surface area contributed by atoms with Gasteiger partial charge in [0.1, 0.15) is 11.5 Å². The highest BCUT2D eigenvalue weighted by Crippen LogP contribution is 2.42. The van der Waals surface area contributed by atoms with Gasteiger partial charge in [-0.15, -0.1) is 0 Å². The second-order valence-corrected chi connectivity index (χ2v) is 11.9. The summed E-state index contributed by atoms with van der Waals surface area (Å²) in [5, 5.41) is 10.6. The molecule has 2 heterocycles. The Labute approximate surface area is 246 Å². The van der Waals surface area contributed by atoms with Gasteiger partial charge in [-0.3, -0.25) is 14.3 Å². The van der Waals surface area contributed by atoms with Crippen molar-refractivity contribution in [2.45, 2.75) is 94.7 Å². The lowest BCUT2D eigenvalue weighted by molar-refractivity contribution is -0.129. The van der Waals surface area contributed by atoms with E-state index >= 15 is 0 Å². The zero-order valence-corrected chi connectivity index (χ0v) is 24.7. The fraction of sp³-hybridized carbons (Fsp3) is 0.645. The van der Waals surface area contributed by atoms with Gasteiger partial charge >= 0.3 is 0 Å². The van der Waals surface area contributed by atoms with Crippen molar-refractivity contribution < 1.29 is 27.8 Å². The lowest BCUT2D eigenvalue weighted by Crippen LogP contribution is -2.51. The number of nitrogens with zero attached hydrogens (tertiary/aromatic N) is 3. The monoisotopic (exact) mass is 587 g/mol. The van der Waals surface area contributed by atoms with Crippen LogP contribution in [0.15, 0.2) is 24.3 Å². The van der Waals surface area contributed by atoms with E-state index < -0.39 is 18.0 Å². The molecule has 0 unspecified atom stereocenters. The molecule has 42 heavy (non-hydrogen) atoms. The van der Waals surface area contributed by atoms with Crippen molar-refractivity contribution in [2.24, 2.45) is 0 Å². The van der Waals surface area contributed by atoms with E-state index in [0.717, 1.165) is 69.4 Å². The molecule has 1 aliphatic heterocycles. The third-order valence-corrected chi connectivity index (χ3v) is 8.79. The zero-order valence-electron chi connectivity index (χ0n) is 24.7. The topological polar surface area (TPSA) is 97.7 Å². The molecule has 230 valence electrons. The van der Waals surface area contributed by atoms with Gasteiger partial charge < -0.3 is 25.0 Å². The molecule has 2 aromatic rings. The number of carbonyl (C=O) groups excluding carboxylic acids is 2. The number of hydrogen-bond acceptors (Lipinski definition) is 6. The first-order chi connectivity index (χ1) is 20.3. The number of likely N-dealkylation sites (tertiary alicyclic amines) is 1. The summed E-state index contributed by atoms with van der Waals surface area (Å²) in [6.07, 6.45) is 7.54. The van der Waals surface area contributed by atoms with Crippen LogP contribution >= 0.6 is 0 Å². The molecule has 0 radical (unpaired) electrons. The van der Waals surface area contributed by atoms with Crippen molar-refractivity contribution in [1.29, 1.82) is 0 Å². The van der Waals surface area contributed by atoms with Crippen LogP contribution in [0.3, 0.4) is 0 Å². The fourth-order valence-electron chi connectivity index (χ4n) is 6.50. The average molecular weight is 588 g/mol. The highest BCUT2D eigenvalue weighted by atomic mass is 19.3. The van der Waals surface area contributed by atoms with Gasteiger partial charge in [-0.05, 0) is 63.4 Å². The molecule has 3 fully saturated rings. The summed E-state index contributed by atoms with van der Waals surface area (Å²) in [4.78, 5) is 28.9. The number of halogens is 2. The Hall–Kier alpha value is -3.21. The lowest BCUT2D eigenvalue weighted by Gasteiger charge is -2.35. The molecule has 5 rings (SSSR count). The molecule has 2 N–H and O–H groups in total. The summed E-state index contributed by atoms with van der Waals surface area (Å²) < 4.78 is 39.9. The maximum absolute atomic E-state index is 13.7. The molecule has 2 saturated carbocycles. The van der Waals surface area contributed by atoms with E-state index in [1.54, 1.807) is 20.3 Å². The lowest BCUT2D eigenvalue weighted by atomic mass is 9.88. The number of hydrogen-bond donors (Lipinski definition) is 2. The maximum Gasteiger partial charge on any atom is 0.272 e. The Bertz CT molecular complexity index is 1210. The average Bonchev–Trinajstić information content (AvgIpc) is 3.65. The summed E-state index contributed by atoms with van der Waals surface area (Å²) in [6, 6.07) is 6.51. The van der Waals surface area contributed by atoms with Gasteiger partial charge in [-0.2, -0.15) is 5.10 Å². The first kappa shape index (κ1) is 30.3. The number of methoxy groups -OCH3 is 2. The van der Waals surface area contributed by atoms with Crippen molar-refractivity contribution in [3.8, 4) is 22.8 Å². The number of amides is 2. The smallest absolute Gasteiger partial charge is 0.272 e. The first-order valence-electron chi connectivity index (χ1n) is 15.3. The van der Waals surface area contributed by atoms with E-state index in [1.165, 1.54) is 6.42 Å². The second kappa shape index (κ2) is 13.4. The number of rotatable bonds is 12. The third kappa shape index (κ3) is 7.22. The molecular weight excluding hydrogens is 544 g/mol. The highest BCUT2D eigenvalue weighted by Gasteiger charge is 2.46. The van der Waals surface area contributed by atoms with Crippen molar-refractivity contribution in [2.75, 3.05) is 33.9 Å². The molecular formula is C31H43F2N5O4. The number of aromatic nitrogens is 2. The Morgan fingerprint density at radius 3 is 2.33 bits per heavy atom.